The van der Waals surface area contributed by atoms with E-state index in [-0.39, 0.29) is 12.2 Å². The summed E-state index contributed by atoms with van der Waals surface area (Å²) in [5, 5.41) is 19.5. The number of pyridine rings is 1. The van der Waals surface area contributed by atoms with Gasteiger partial charge in [0.05, 0.1) is 11.1 Å². The third-order valence-electron chi connectivity index (χ3n) is 2.41. The summed E-state index contributed by atoms with van der Waals surface area (Å²) < 4.78 is 37.6. The van der Waals surface area contributed by atoms with Gasteiger partial charge >= 0.3 is 11.9 Å². The first kappa shape index (κ1) is 13.8. The number of aromatic amines is 1. The molecule has 0 aromatic carbocycles. The van der Waals surface area contributed by atoms with Crippen molar-refractivity contribution in [3.63, 3.8) is 0 Å². The van der Waals surface area contributed by atoms with Crippen LogP contribution in [0.1, 0.15) is 11.3 Å². The third-order valence-corrected chi connectivity index (χ3v) is 2.41. The molecule has 0 saturated carbocycles. The lowest BCUT2D eigenvalue weighted by molar-refractivity contribution is -0.384. The van der Waals surface area contributed by atoms with Crippen LogP contribution < -0.4 is 5.32 Å². The van der Waals surface area contributed by atoms with Crippen LogP contribution in [0.5, 0.6) is 0 Å². The molecule has 7 nitrogen and oxygen atoms in total. The first-order chi connectivity index (χ1) is 9.38. The molecule has 2 aromatic heterocycles. The molecule has 0 aliphatic rings. The number of H-pyrrole nitrogens is 1. The number of nitrogens with zero attached hydrogens (tertiary/aromatic N) is 3. The van der Waals surface area contributed by atoms with Gasteiger partial charge in [-0.15, -0.1) is 0 Å². The smallest absolute Gasteiger partial charge is 0.375 e. The van der Waals surface area contributed by atoms with Crippen molar-refractivity contribution in [2.24, 2.45) is 0 Å². The van der Waals surface area contributed by atoms with Gasteiger partial charge in [-0.25, -0.2) is 4.98 Å². The Morgan fingerprint density at radius 3 is 2.70 bits per heavy atom. The molecule has 0 unspecified atom stereocenters. The van der Waals surface area contributed by atoms with Gasteiger partial charge in [0.2, 0.25) is 0 Å². The third kappa shape index (κ3) is 3.02. The number of nitrogens with one attached hydrogen (secondary N) is 2. The lowest BCUT2D eigenvalue weighted by Gasteiger charge is -2.09. The average Bonchev–Trinajstić information content (AvgIpc) is 2.87. The Morgan fingerprint density at radius 2 is 2.15 bits per heavy atom. The Balaban J connectivity index is 2.29. The second kappa shape index (κ2) is 5.15. The number of aromatic nitrogens is 3. The maximum atomic E-state index is 12.5. The second-order valence-electron chi connectivity index (χ2n) is 3.80. The van der Waals surface area contributed by atoms with E-state index in [9.17, 15) is 23.3 Å². The van der Waals surface area contributed by atoms with E-state index in [4.69, 9.17) is 0 Å². The van der Waals surface area contributed by atoms with Crippen LogP contribution in [-0.4, -0.2) is 20.1 Å². The van der Waals surface area contributed by atoms with Crippen molar-refractivity contribution in [3.05, 3.63) is 46.0 Å². The van der Waals surface area contributed by atoms with Gasteiger partial charge in [-0.2, -0.15) is 18.3 Å². The van der Waals surface area contributed by atoms with E-state index in [2.05, 4.69) is 20.5 Å². The molecule has 0 aliphatic carbocycles. The number of hydrogen-bond acceptors (Lipinski definition) is 5. The summed E-state index contributed by atoms with van der Waals surface area (Å²) in [7, 11) is 0. The molecule has 2 N–H and O–H groups in total. The summed E-state index contributed by atoms with van der Waals surface area (Å²) in [5.41, 5.74) is -1.33. The van der Waals surface area contributed by atoms with E-state index >= 15 is 0 Å². The van der Waals surface area contributed by atoms with E-state index in [1.165, 1.54) is 12.4 Å². The van der Waals surface area contributed by atoms with Gasteiger partial charge in [-0.05, 0) is 6.07 Å². The maximum absolute atomic E-state index is 12.5. The van der Waals surface area contributed by atoms with Crippen LogP contribution in [0.3, 0.4) is 0 Å². The number of hydrogen-bond donors (Lipinski definition) is 2. The average molecular weight is 287 g/mol. The summed E-state index contributed by atoms with van der Waals surface area (Å²) in [6.07, 6.45) is -1.11. The lowest BCUT2D eigenvalue weighted by atomic mass is 10.2. The number of nitro groups is 1. The largest absolute Gasteiger partial charge is 0.433 e. The molecule has 2 aromatic rings. The van der Waals surface area contributed by atoms with Gasteiger partial charge in [-0.1, -0.05) is 0 Å². The van der Waals surface area contributed by atoms with Crippen LogP contribution in [0.2, 0.25) is 0 Å². The molecule has 0 amide bonds. The van der Waals surface area contributed by atoms with E-state index in [0.717, 1.165) is 0 Å². The quantitative estimate of drug-likeness (QED) is 0.664. The van der Waals surface area contributed by atoms with Crippen molar-refractivity contribution >= 4 is 11.4 Å². The van der Waals surface area contributed by atoms with Crippen molar-refractivity contribution in [2.75, 3.05) is 5.32 Å². The van der Waals surface area contributed by atoms with Gasteiger partial charge in [0.1, 0.15) is 17.6 Å². The van der Waals surface area contributed by atoms with Crippen LogP contribution in [0, 0.1) is 10.1 Å². The molecule has 0 bridgehead atoms. The van der Waals surface area contributed by atoms with Crippen LogP contribution >= 0.6 is 0 Å². The zero-order chi connectivity index (χ0) is 14.8. The van der Waals surface area contributed by atoms with Gasteiger partial charge in [0, 0.05) is 18.3 Å². The summed E-state index contributed by atoms with van der Waals surface area (Å²) >= 11 is 0. The second-order valence-corrected chi connectivity index (χ2v) is 3.80. The SMILES string of the molecule is O=[N+]([O-])c1cnc(C(F)(F)F)cc1NCc1cn[nH]c1. The highest BCUT2D eigenvalue weighted by atomic mass is 19.4. The number of alkyl halides is 3. The fourth-order valence-electron chi connectivity index (χ4n) is 1.46. The van der Waals surface area contributed by atoms with Crippen molar-refractivity contribution < 1.29 is 18.1 Å². The number of rotatable bonds is 4. The molecule has 10 heteroatoms. The first-order valence-electron chi connectivity index (χ1n) is 5.31. The standard InChI is InChI=1S/C10H8F3N5O2/c11-10(12,13)9-1-7(8(5-15-9)18(19)20)14-2-6-3-16-17-4-6/h1,3-5H,2H2,(H,14,15)(H,16,17). The molecule has 0 fully saturated rings. The molecular formula is C10H8F3N5O2. The highest BCUT2D eigenvalue weighted by Crippen LogP contribution is 2.33. The monoisotopic (exact) mass is 287 g/mol. The molecule has 0 spiro atoms. The predicted molar refractivity (Wildman–Crippen MR) is 61.8 cm³/mol. The summed E-state index contributed by atoms with van der Waals surface area (Å²) in [6.45, 7) is 0.0959. The van der Waals surface area contributed by atoms with Crippen LogP contribution in [0.4, 0.5) is 24.5 Å². The predicted octanol–water partition coefficient (Wildman–Crippen LogP) is 2.34. The normalized spacial score (nSPS) is 11.3. The van der Waals surface area contributed by atoms with Crippen LogP contribution in [0.25, 0.3) is 0 Å². The molecular weight excluding hydrogens is 279 g/mol. The highest BCUT2D eigenvalue weighted by Gasteiger charge is 2.34. The van der Waals surface area contributed by atoms with Gasteiger partial charge < -0.3 is 5.32 Å². The lowest BCUT2D eigenvalue weighted by Crippen LogP contribution is -2.10. The van der Waals surface area contributed by atoms with Crippen LogP contribution in [-0.2, 0) is 12.7 Å². The zero-order valence-electron chi connectivity index (χ0n) is 9.81. The minimum absolute atomic E-state index is 0.0959. The Labute approximate surface area is 110 Å². The van der Waals surface area contributed by atoms with Crippen molar-refractivity contribution in [3.8, 4) is 0 Å². The van der Waals surface area contributed by atoms with Crippen molar-refractivity contribution in [1.82, 2.24) is 15.2 Å². The van der Waals surface area contributed by atoms with Gasteiger partial charge in [0.15, 0.2) is 0 Å². The van der Waals surface area contributed by atoms with E-state index < -0.39 is 22.5 Å². The molecule has 0 atom stereocenters. The van der Waals surface area contributed by atoms with Crippen molar-refractivity contribution in [1.29, 1.82) is 0 Å². The van der Waals surface area contributed by atoms with E-state index in [1.807, 2.05) is 0 Å². The Kier molecular flexibility index (Phi) is 3.55. The highest BCUT2D eigenvalue weighted by molar-refractivity contribution is 5.61. The summed E-state index contributed by atoms with van der Waals surface area (Å²) in [6, 6.07) is 0.609. The molecule has 0 aliphatic heterocycles. The molecule has 0 saturated heterocycles. The van der Waals surface area contributed by atoms with E-state index in [1.54, 1.807) is 0 Å². The summed E-state index contributed by atoms with van der Waals surface area (Å²) in [5.74, 6) is 0. The maximum Gasteiger partial charge on any atom is 0.433 e. The first-order valence-corrected chi connectivity index (χ1v) is 5.31. The van der Waals surface area contributed by atoms with Gasteiger partial charge in [-0.3, -0.25) is 15.2 Å². The van der Waals surface area contributed by atoms with Gasteiger partial charge in [0.25, 0.3) is 0 Å². The van der Waals surface area contributed by atoms with Crippen LogP contribution in [0.15, 0.2) is 24.7 Å². The molecule has 2 rings (SSSR count). The fourth-order valence-corrected chi connectivity index (χ4v) is 1.46. The fraction of sp³-hybridized carbons (Fsp3) is 0.200. The Morgan fingerprint density at radius 1 is 1.40 bits per heavy atom. The Bertz CT molecular complexity index is 612. The zero-order valence-corrected chi connectivity index (χ0v) is 9.81. The molecule has 106 valence electrons. The molecule has 0 radical (unpaired) electrons. The number of anilines is 1. The Hall–Kier alpha value is -2.65. The number of halogens is 3. The van der Waals surface area contributed by atoms with Crippen molar-refractivity contribution in [2.45, 2.75) is 12.7 Å². The summed E-state index contributed by atoms with van der Waals surface area (Å²) in [4.78, 5) is 13.0. The minimum Gasteiger partial charge on any atom is -0.375 e. The minimum atomic E-state index is -4.67. The molecule has 20 heavy (non-hydrogen) atoms. The topological polar surface area (TPSA) is 96.7 Å². The molecule has 2 heterocycles. The van der Waals surface area contributed by atoms with E-state index in [0.29, 0.717) is 17.8 Å².